The van der Waals surface area contributed by atoms with Crippen LogP contribution in [-0.2, 0) is 12.5 Å². The van der Waals surface area contributed by atoms with Crippen LogP contribution in [0.2, 0.25) is 0 Å². The molecule has 4 nitrogen and oxygen atoms in total. The van der Waals surface area contributed by atoms with Gasteiger partial charge in [0, 0.05) is 35.9 Å². The molecule has 0 saturated carbocycles. The number of aromatic nitrogens is 3. The van der Waals surface area contributed by atoms with Crippen LogP contribution in [-0.4, -0.2) is 19.9 Å². The van der Waals surface area contributed by atoms with Gasteiger partial charge in [0.1, 0.15) is 6.10 Å². The third-order valence-corrected chi connectivity index (χ3v) is 3.76. The van der Waals surface area contributed by atoms with Crippen molar-refractivity contribution in [3.8, 4) is 0 Å². The van der Waals surface area contributed by atoms with Gasteiger partial charge in [0.05, 0.1) is 5.69 Å². The number of aryl methyl sites for hydroxylation is 1. The largest absolute Gasteiger partial charge is 0.384 e. The maximum absolute atomic E-state index is 10.8. The fourth-order valence-corrected chi connectivity index (χ4v) is 2.71. The minimum absolute atomic E-state index is 0.101. The van der Waals surface area contributed by atoms with Crippen molar-refractivity contribution >= 4 is 10.9 Å². The van der Waals surface area contributed by atoms with Gasteiger partial charge >= 0.3 is 0 Å². The Hall–Kier alpha value is -2.07. The third kappa shape index (κ3) is 2.47. The molecule has 0 amide bonds. The van der Waals surface area contributed by atoms with Gasteiger partial charge in [-0.05, 0) is 29.1 Å². The second-order valence-corrected chi connectivity index (χ2v) is 6.58. The molecule has 0 aliphatic heterocycles. The van der Waals surface area contributed by atoms with Crippen LogP contribution in [0.15, 0.2) is 36.7 Å². The minimum atomic E-state index is -0.660. The Kier molecular flexibility index (Phi) is 3.14. The number of nitrogens with zero attached hydrogens (tertiary/aromatic N) is 2. The number of H-pyrrole nitrogens is 1. The van der Waals surface area contributed by atoms with E-state index in [1.807, 2.05) is 43.7 Å². The lowest BCUT2D eigenvalue weighted by atomic mass is 9.87. The summed E-state index contributed by atoms with van der Waals surface area (Å²) >= 11 is 0. The molecular formula is C17H21N3O. The van der Waals surface area contributed by atoms with Gasteiger partial charge in [-0.25, -0.2) is 0 Å². The smallest absolute Gasteiger partial charge is 0.107 e. The standard InChI is InChI=1S/C17H21N3O/c1-17(2,3)16-13(10-20(4)19-16)15(21)12-5-6-14-11(9-12)7-8-18-14/h5-10,15,18,21H,1-4H3. The Morgan fingerprint density at radius 1 is 1.24 bits per heavy atom. The molecule has 0 saturated heterocycles. The van der Waals surface area contributed by atoms with Crippen molar-refractivity contribution in [3.05, 3.63) is 53.5 Å². The first-order valence-corrected chi connectivity index (χ1v) is 7.15. The van der Waals surface area contributed by atoms with E-state index in [0.29, 0.717) is 0 Å². The minimum Gasteiger partial charge on any atom is -0.384 e. The highest BCUT2D eigenvalue weighted by atomic mass is 16.3. The van der Waals surface area contributed by atoms with E-state index in [-0.39, 0.29) is 5.41 Å². The predicted octanol–water partition coefficient (Wildman–Crippen LogP) is 3.28. The summed E-state index contributed by atoms with van der Waals surface area (Å²) in [6.45, 7) is 6.34. The van der Waals surface area contributed by atoms with Gasteiger partial charge in [-0.3, -0.25) is 4.68 Å². The first-order chi connectivity index (χ1) is 9.86. The molecule has 0 radical (unpaired) electrons. The number of aliphatic hydroxyl groups is 1. The molecule has 1 unspecified atom stereocenters. The van der Waals surface area contributed by atoms with E-state index in [0.717, 1.165) is 27.7 Å². The van der Waals surface area contributed by atoms with Crippen LogP contribution >= 0.6 is 0 Å². The monoisotopic (exact) mass is 283 g/mol. The molecule has 0 bridgehead atoms. The fourth-order valence-electron chi connectivity index (χ4n) is 2.71. The molecule has 0 aliphatic rings. The Labute approximate surface area is 124 Å². The first kappa shape index (κ1) is 13.9. The van der Waals surface area contributed by atoms with Gasteiger partial charge in [0.25, 0.3) is 0 Å². The van der Waals surface area contributed by atoms with Crippen molar-refractivity contribution in [1.82, 2.24) is 14.8 Å². The highest BCUT2D eigenvalue weighted by Gasteiger charge is 2.26. The quantitative estimate of drug-likeness (QED) is 0.758. The zero-order valence-corrected chi connectivity index (χ0v) is 12.9. The van der Waals surface area contributed by atoms with Crippen LogP contribution in [0.25, 0.3) is 10.9 Å². The molecule has 0 aliphatic carbocycles. The van der Waals surface area contributed by atoms with Gasteiger partial charge in [0.15, 0.2) is 0 Å². The van der Waals surface area contributed by atoms with Crippen LogP contribution in [0.4, 0.5) is 0 Å². The fraction of sp³-hybridized carbons (Fsp3) is 0.353. The van der Waals surface area contributed by atoms with Gasteiger partial charge in [-0.15, -0.1) is 0 Å². The van der Waals surface area contributed by atoms with Gasteiger partial charge < -0.3 is 10.1 Å². The topological polar surface area (TPSA) is 53.8 Å². The highest BCUT2D eigenvalue weighted by molar-refractivity contribution is 5.80. The van der Waals surface area contributed by atoms with Crippen molar-refractivity contribution in [1.29, 1.82) is 0 Å². The van der Waals surface area contributed by atoms with Crippen LogP contribution in [0.1, 0.15) is 43.7 Å². The Morgan fingerprint density at radius 3 is 2.71 bits per heavy atom. The van der Waals surface area contributed by atoms with Crippen molar-refractivity contribution in [2.24, 2.45) is 7.05 Å². The number of rotatable bonds is 2. The molecule has 3 aromatic rings. The summed E-state index contributed by atoms with van der Waals surface area (Å²) in [7, 11) is 1.89. The summed E-state index contributed by atoms with van der Waals surface area (Å²) in [4.78, 5) is 3.17. The number of benzene rings is 1. The van der Waals surface area contributed by atoms with E-state index in [2.05, 4.69) is 30.9 Å². The van der Waals surface area contributed by atoms with Crippen LogP contribution in [0.3, 0.4) is 0 Å². The summed E-state index contributed by atoms with van der Waals surface area (Å²) in [6, 6.07) is 8.00. The van der Waals surface area contributed by atoms with E-state index < -0.39 is 6.10 Å². The van der Waals surface area contributed by atoms with E-state index in [4.69, 9.17) is 0 Å². The molecule has 2 N–H and O–H groups in total. The summed E-state index contributed by atoms with van der Waals surface area (Å²) < 4.78 is 1.77. The Morgan fingerprint density at radius 2 is 2.00 bits per heavy atom. The molecule has 2 heterocycles. The molecule has 4 heteroatoms. The summed E-state index contributed by atoms with van der Waals surface area (Å²) in [5.74, 6) is 0. The number of aromatic amines is 1. The number of nitrogens with one attached hydrogen (secondary N) is 1. The highest BCUT2D eigenvalue weighted by Crippen LogP contribution is 2.32. The van der Waals surface area contributed by atoms with Crippen LogP contribution in [0, 0.1) is 0 Å². The average molecular weight is 283 g/mol. The van der Waals surface area contributed by atoms with E-state index in [9.17, 15) is 5.11 Å². The lowest BCUT2D eigenvalue weighted by Gasteiger charge is -2.20. The Balaban J connectivity index is 2.07. The van der Waals surface area contributed by atoms with Crippen LogP contribution in [0.5, 0.6) is 0 Å². The van der Waals surface area contributed by atoms with E-state index in [1.54, 1.807) is 4.68 Å². The lowest BCUT2D eigenvalue weighted by molar-refractivity contribution is 0.217. The molecule has 21 heavy (non-hydrogen) atoms. The van der Waals surface area contributed by atoms with Crippen molar-refractivity contribution in [2.45, 2.75) is 32.3 Å². The second-order valence-electron chi connectivity index (χ2n) is 6.58. The van der Waals surface area contributed by atoms with Crippen LogP contribution < -0.4 is 0 Å². The summed E-state index contributed by atoms with van der Waals surface area (Å²) in [5, 5.41) is 16.4. The van der Waals surface area contributed by atoms with E-state index in [1.165, 1.54) is 0 Å². The third-order valence-electron chi connectivity index (χ3n) is 3.76. The number of hydrogen-bond acceptors (Lipinski definition) is 2. The molecule has 0 fully saturated rings. The zero-order chi connectivity index (χ0) is 15.2. The zero-order valence-electron chi connectivity index (χ0n) is 12.9. The number of aliphatic hydroxyl groups excluding tert-OH is 1. The normalized spacial score (nSPS) is 13.8. The number of fused-ring (bicyclic) bond motifs is 1. The van der Waals surface area contributed by atoms with Crippen molar-refractivity contribution < 1.29 is 5.11 Å². The maximum atomic E-state index is 10.8. The Bertz CT molecular complexity index is 777. The molecule has 1 aromatic carbocycles. The second kappa shape index (κ2) is 4.74. The average Bonchev–Trinajstić information content (AvgIpc) is 3.02. The van der Waals surface area contributed by atoms with Gasteiger partial charge in [-0.2, -0.15) is 5.10 Å². The molecule has 0 spiro atoms. The van der Waals surface area contributed by atoms with Gasteiger partial charge in [0.2, 0.25) is 0 Å². The lowest BCUT2D eigenvalue weighted by Crippen LogP contribution is -2.16. The van der Waals surface area contributed by atoms with Crippen molar-refractivity contribution in [2.75, 3.05) is 0 Å². The molecular weight excluding hydrogens is 262 g/mol. The SMILES string of the molecule is Cn1cc(C(O)c2ccc3[nH]ccc3c2)c(C(C)(C)C)n1. The van der Waals surface area contributed by atoms with E-state index >= 15 is 0 Å². The predicted molar refractivity (Wildman–Crippen MR) is 84.3 cm³/mol. The maximum Gasteiger partial charge on any atom is 0.107 e. The molecule has 2 aromatic heterocycles. The number of hydrogen-bond donors (Lipinski definition) is 2. The molecule has 1 atom stereocenters. The van der Waals surface area contributed by atoms with Crippen molar-refractivity contribution in [3.63, 3.8) is 0 Å². The van der Waals surface area contributed by atoms with Gasteiger partial charge in [-0.1, -0.05) is 26.8 Å². The molecule has 3 rings (SSSR count). The first-order valence-electron chi connectivity index (χ1n) is 7.15. The molecule has 110 valence electrons. The summed E-state index contributed by atoms with van der Waals surface area (Å²) in [6.07, 6.45) is 3.16. The summed E-state index contributed by atoms with van der Waals surface area (Å²) in [5.41, 5.74) is 3.68.